The summed E-state index contributed by atoms with van der Waals surface area (Å²) in [5.74, 6) is 0. The van der Waals surface area contributed by atoms with Crippen LogP contribution in [0.3, 0.4) is 0 Å². The minimum absolute atomic E-state index is 0.0637. The number of benzene rings is 1. The molecule has 0 fully saturated rings. The predicted octanol–water partition coefficient (Wildman–Crippen LogP) is 3.52. The Hall–Kier alpha value is -2.54. The molecule has 0 amide bonds. The number of hydrogen-bond donors (Lipinski definition) is 1. The summed E-state index contributed by atoms with van der Waals surface area (Å²) in [5.41, 5.74) is 2.42. The molecule has 0 atom stereocenters. The molecule has 3 rings (SSSR count). The summed E-state index contributed by atoms with van der Waals surface area (Å²) in [5, 5.41) is 17.8. The van der Waals surface area contributed by atoms with Gasteiger partial charge in [-0.15, -0.1) is 11.3 Å². The van der Waals surface area contributed by atoms with Gasteiger partial charge in [-0.3, -0.25) is 15.1 Å². The number of pyridine rings is 1. The number of rotatable bonds is 4. The molecule has 21 heavy (non-hydrogen) atoms. The average molecular weight is 300 g/mol. The Bertz CT molecular complexity index is 816. The maximum atomic E-state index is 11.1. The van der Waals surface area contributed by atoms with Crippen LogP contribution in [0.25, 0.3) is 10.9 Å². The van der Waals surface area contributed by atoms with E-state index in [1.807, 2.05) is 12.3 Å². The van der Waals surface area contributed by atoms with Crippen molar-refractivity contribution >= 4 is 33.6 Å². The molecule has 0 spiro atoms. The zero-order chi connectivity index (χ0) is 14.8. The summed E-state index contributed by atoms with van der Waals surface area (Å²) in [6.45, 7) is 2.52. The fourth-order valence-electron chi connectivity index (χ4n) is 2.11. The van der Waals surface area contributed by atoms with Crippen molar-refractivity contribution in [3.8, 4) is 0 Å². The highest BCUT2D eigenvalue weighted by Gasteiger charge is 2.14. The molecule has 6 nitrogen and oxygen atoms in total. The lowest BCUT2D eigenvalue weighted by atomic mass is 10.1. The number of nitrogens with zero attached hydrogens (tertiary/aromatic N) is 3. The van der Waals surface area contributed by atoms with Crippen molar-refractivity contribution in [3.63, 3.8) is 0 Å². The second-order valence-electron chi connectivity index (χ2n) is 4.53. The number of nitro benzene ring substituents is 1. The summed E-state index contributed by atoms with van der Waals surface area (Å²) < 4.78 is 0. The highest BCUT2D eigenvalue weighted by atomic mass is 32.1. The average Bonchev–Trinajstić information content (AvgIpc) is 2.90. The minimum atomic E-state index is -0.391. The molecule has 0 aliphatic carbocycles. The zero-order valence-corrected chi connectivity index (χ0v) is 12.1. The van der Waals surface area contributed by atoms with Crippen molar-refractivity contribution in [1.29, 1.82) is 0 Å². The highest BCUT2D eigenvalue weighted by molar-refractivity contribution is 7.09. The monoisotopic (exact) mass is 300 g/mol. The summed E-state index contributed by atoms with van der Waals surface area (Å²) in [6, 6.07) is 6.59. The van der Waals surface area contributed by atoms with Gasteiger partial charge in [0.2, 0.25) is 0 Å². The molecule has 106 valence electrons. The van der Waals surface area contributed by atoms with Crippen LogP contribution < -0.4 is 5.32 Å². The molecule has 0 unspecified atom stereocenters. The Labute approximate surface area is 124 Å². The van der Waals surface area contributed by atoms with Gasteiger partial charge >= 0.3 is 0 Å². The molecule has 0 radical (unpaired) electrons. The minimum Gasteiger partial charge on any atom is -0.377 e. The van der Waals surface area contributed by atoms with Crippen molar-refractivity contribution in [1.82, 2.24) is 9.97 Å². The van der Waals surface area contributed by atoms with Crippen molar-refractivity contribution in [3.05, 3.63) is 56.7 Å². The summed E-state index contributed by atoms with van der Waals surface area (Å²) in [4.78, 5) is 19.3. The number of aromatic nitrogens is 2. The fraction of sp³-hybridized carbons (Fsp3) is 0.143. The van der Waals surface area contributed by atoms with Gasteiger partial charge in [0.05, 0.1) is 22.5 Å². The Balaban J connectivity index is 1.96. The summed E-state index contributed by atoms with van der Waals surface area (Å²) >= 11 is 1.58. The van der Waals surface area contributed by atoms with Crippen molar-refractivity contribution < 1.29 is 4.92 Å². The first-order valence-corrected chi connectivity index (χ1v) is 7.20. The van der Waals surface area contributed by atoms with Crippen LogP contribution in [0.5, 0.6) is 0 Å². The molecule has 0 saturated heterocycles. The molecule has 1 aromatic carbocycles. The van der Waals surface area contributed by atoms with Gasteiger partial charge in [0.1, 0.15) is 10.5 Å². The van der Waals surface area contributed by atoms with Gasteiger partial charge in [-0.1, -0.05) is 0 Å². The van der Waals surface area contributed by atoms with Crippen molar-refractivity contribution in [2.75, 3.05) is 5.32 Å². The third-order valence-electron chi connectivity index (χ3n) is 3.04. The van der Waals surface area contributed by atoms with Crippen molar-refractivity contribution in [2.45, 2.75) is 13.5 Å². The first-order chi connectivity index (χ1) is 10.1. The van der Waals surface area contributed by atoms with E-state index < -0.39 is 4.92 Å². The fourth-order valence-corrected chi connectivity index (χ4v) is 2.83. The molecule has 0 aliphatic rings. The first-order valence-electron chi connectivity index (χ1n) is 6.32. The van der Waals surface area contributed by atoms with E-state index in [9.17, 15) is 10.1 Å². The topological polar surface area (TPSA) is 81.0 Å². The number of nitrogens with one attached hydrogen (secondary N) is 1. The normalized spacial score (nSPS) is 10.7. The molecule has 2 heterocycles. The molecule has 1 N–H and O–H groups in total. The van der Waals surface area contributed by atoms with E-state index in [1.54, 1.807) is 35.7 Å². The standard InChI is InChI=1S/C14H12N4O2S/c1-9-8-21-13(17-9)7-16-11-4-5-12(18(19)20)10-3-2-6-15-14(10)11/h2-6,8,16H,7H2,1H3. The van der Waals surface area contributed by atoms with Gasteiger partial charge in [-0.25, -0.2) is 4.98 Å². The van der Waals surface area contributed by atoms with Crippen LogP contribution >= 0.6 is 11.3 Å². The van der Waals surface area contributed by atoms with Crippen molar-refractivity contribution in [2.24, 2.45) is 0 Å². The second kappa shape index (κ2) is 5.45. The van der Waals surface area contributed by atoms with Crippen LogP contribution in [0.2, 0.25) is 0 Å². The van der Waals surface area contributed by atoms with E-state index in [-0.39, 0.29) is 5.69 Å². The van der Waals surface area contributed by atoms with Crippen LogP contribution in [0.1, 0.15) is 10.7 Å². The molecular weight excluding hydrogens is 288 g/mol. The lowest BCUT2D eigenvalue weighted by Crippen LogP contribution is -2.01. The predicted molar refractivity (Wildman–Crippen MR) is 82.6 cm³/mol. The molecular formula is C14H12N4O2S. The van der Waals surface area contributed by atoms with Gasteiger partial charge in [0.25, 0.3) is 5.69 Å². The third kappa shape index (κ3) is 2.68. The maximum Gasteiger partial charge on any atom is 0.278 e. The van der Waals surface area contributed by atoms with E-state index in [1.165, 1.54) is 6.07 Å². The Kier molecular flexibility index (Phi) is 3.49. The largest absolute Gasteiger partial charge is 0.377 e. The van der Waals surface area contributed by atoms with Gasteiger partial charge in [0, 0.05) is 23.3 Å². The van der Waals surface area contributed by atoms with E-state index in [0.717, 1.165) is 16.4 Å². The van der Waals surface area contributed by atoms with Crippen LogP contribution in [0.15, 0.2) is 35.8 Å². The molecule has 7 heteroatoms. The molecule has 0 aliphatic heterocycles. The summed E-state index contributed by atoms with van der Waals surface area (Å²) in [7, 11) is 0. The first kappa shape index (κ1) is 13.4. The molecule has 3 aromatic rings. The van der Waals surface area contributed by atoms with Crippen LogP contribution in [-0.2, 0) is 6.54 Å². The van der Waals surface area contributed by atoms with E-state index in [0.29, 0.717) is 17.4 Å². The van der Waals surface area contributed by atoms with Crippen LogP contribution in [0.4, 0.5) is 11.4 Å². The van der Waals surface area contributed by atoms with Gasteiger partial charge in [-0.2, -0.15) is 0 Å². The number of nitro groups is 1. The zero-order valence-electron chi connectivity index (χ0n) is 11.2. The number of thiazole rings is 1. The number of fused-ring (bicyclic) bond motifs is 1. The smallest absolute Gasteiger partial charge is 0.278 e. The number of non-ortho nitro benzene ring substituents is 1. The maximum absolute atomic E-state index is 11.1. The third-order valence-corrected chi connectivity index (χ3v) is 4.01. The van der Waals surface area contributed by atoms with E-state index in [2.05, 4.69) is 15.3 Å². The lowest BCUT2D eigenvalue weighted by molar-refractivity contribution is -0.383. The number of anilines is 1. The number of hydrogen-bond acceptors (Lipinski definition) is 6. The van der Waals surface area contributed by atoms with Gasteiger partial charge in [-0.05, 0) is 25.1 Å². The lowest BCUT2D eigenvalue weighted by Gasteiger charge is -2.08. The Morgan fingerprint density at radius 2 is 2.24 bits per heavy atom. The molecule has 2 aromatic heterocycles. The number of aryl methyl sites for hydroxylation is 1. The Morgan fingerprint density at radius 1 is 1.38 bits per heavy atom. The SMILES string of the molecule is Cc1csc(CNc2ccc([N+](=O)[O-])c3cccnc23)n1. The quantitative estimate of drug-likeness (QED) is 0.589. The Morgan fingerprint density at radius 3 is 2.95 bits per heavy atom. The second-order valence-corrected chi connectivity index (χ2v) is 5.47. The van der Waals surface area contributed by atoms with Crippen LogP contribution in [0, 0.1) is 17.0 Å². The van der Waals surface area contributed by atoms with Gasteiger partial charge < -0.3 is 5.32 Å². The van der Waals surface area contributed by atoms with Gasteiger partial charge in [0.15, 0.2) is 0 Å². The van der Waals surface area contributed by atoms with E-state index >= 15 is 0 Å². The van der Waals surface area contributed by atoms with E-state index in [4.69, 9.17) is 0 Å². The molecule has 0 bridgehead atoms. The highest BCUT2D eigenvalue weighted by Crippen LogP contribution is 2.30. The van der Waals surface area contributed by atoms with Crippen LogP contribution in [-0.4, -0.2) is 14.9 Å². The molecule has 0 saturated carbocycles. The summed E-state index contributed by atoms with van der Waals surface area (Å²) in [6.07, 6.45) is 1.63.